The van der Waals surface area contributed by atoms with Crippen LogP contribution in [0.25, 0.3) is 0 Å². The molecule has 0 unspecified atom stereocenters. The van der Waals surface area contributed by atoms with Crippen molar-refractivity contribution in [1.82, 2.24) is 0 Å². The Morgan fingerprint density at radius 2 is 1.76 bits per heavy atom. The summed E-state index contributed by atoms with van der Waals surface area (Å²) < 4.78 is 0. The SMILES string of the molecule is CC1=NCc2ccc(N3CCN(c4ccc(CCC(=O)O)cc4)C3=O)cc2N1.Cl. The van der Waals surface area contributed by atoms with Crippen LogP contribution in [0, 0.1) is 0 Å². The van der Waals surface area contributed by atoms with Crippen LogP contribution >= 0.6 is 12.4 Å². The van der Waals surface area contributed by atoms with Crippen LogP contribution in [-0.4, -0.2) is 36.0 Å². The molecule has 0 bridgehead atoms. The number of rotatable bonds is 5. The van der Waals surface area contributed by atoms with E-state index in [-0.39, 0.29) is 24.9 Å². The number of carboxylic acid groups (broad SMARTS) is 1. The summed E-state index contributed by atoms with van der Waals surface area (Å²) in [7, 11) is 0. The first-order valence-electron chi connectivity index (χ1n) is 9.32. The number of carbonyl (C=O) groups excluding carboxylic acids is 1. The molecule has 2 heterocycles. The van der Waals surface area contributed by atoms with Gasteiger partial charge in [0, 0.05) is 36.6 Å². The number of nitrogens with zero attached hydrogens (tertiary/aromatic N) is 3. The van der Waals surface area contributed by atoms with Crippen LogP contribution in [0.2, 0.25) is 0 Å². The molecule has 2 aromatic rings. The van der Waals surface area contributed by atoms with E-state index in [4.69, 9.17) is 5.11 Å². The molecule has 2 aliphatic heterocycles. The van der Waals surface area contributed by atoms with E-state index in [1.807, 2.05) is 49.4 Å². The summed E-state index contributed by atoms with van der Waals surface area (Å²) in [4.78, 5) is 31.6. The second-order valence-corrected chi connectivity index (χ2v) is 7.01. The monoisotopic (exact) mass is 414 g/mol. The second kappa shape index (κ2) is 8.53. The third kappa shape index (κ3) is 4.35. The molecule has 0 aliphatic carbocycles. The van der Waals surface area contributed by atoms with Gasteiger partial charge < -0.3 is 10.4 Å². The van der Waals surface area contributed by atoms with Gasteiger partial charge in [0.2, 0.25) is 0 Å². The Morgan fingerprint density at radius 3 is 2.45 bits per heavy atom. The third-order valence-corrected chi connectivity index (χ3v) is 5.09. The average molecular weight is 415 g/mol. The van der Waals surface area contributed by atoms with E-state index in [0.717, 1.165) is 34.0 Å². The normalized spacial score (nSPS) is 15.3. The number of aliphatic imine (C=N–C) groups is 1. The van der Waals surface area contributed by atoms with E-state index in [0.29, 0.717) is 26.1 Å². The molecule has 0 spiro atoms. The largest absolute Gasteiger partial charge is 0.481 e. The Morgan fingerprint density at radius 1 is 1.10 bits per heavy atom. The maximum absolute atomic E-state index is 13.0. The van der Waals surface area contributed by atoms with E-state index >= 15 is 0 Å². The number of benzene rings is 2. The molecule has 1 saturated heterocycles. The van der Waals surface area contributed by atoms with Gasteiger partial charge in [-0.3, -0.25) is 19.6 Å². The van der Waals surface area contributed by atoms with E-state index < -0.39 is 5.97 Å². The maximum Gasteiger partial charge on any atom is 0.329 e. The van der Waals surface area contributed by atoms with Crippen LogP contribution in [0.3, 0.4) is 0 Å². The number of aryl methyl sites for hydroxylation is 1. The van der Waals surface area contributed by atoms with Crippen LogP contribution in [0.15, 0.2) is 47.5 Å². The molecule has 2 N–H and O–H groups in total. The molecular formula is C21H23ClN4O3. The van der Waals surface area contributed by atoms with Crippen LogP contribution in [-0.2, 0) is 17.8 Å². The highest BCUT2D eigenvalue weighted by molar-refractivity contribution is 6.06. The number of carbonyl (C=O) groups is 2. The fraction of sp³-hybridized carbons (Fsp3) is 0.286. The Bertz CT molecular complexity index is 959. The molecule has 29 heavy (non-hydrogen) atoms. The summed E-state index contributed by atoms with van der Waals surface area (Å²) in [6.45, 7) is 3.81. The smallest absolute Gasteiger partial charge is 0.329 e. The van der Waals surface area contributed by atoms with Gasteiger partial charge in [-0.05, 0) is 48.7 Å². The van der Waals surface area contributed by atoms with Crippen molar-refractivity contribution in [1.29, 1.82) is 0 Å². The van der Waals surface area contributed by atoms with Crippen molar-refractivity contribution in [2.75, 3.05) is 28.2 Å². The van der Waals surface area contributed by atoms with Crippen molar-refractivity contribution in [3.8, 4) is 0 Å². The van der Waals surface area contributed by atoms with Gasteiger partial charge in [-0.1, -0.05) is 18.2 Å². The number of halogens is 1. The molecule has 7 nitrogen and oxygen atoms in total. The van der Waals surface area contributed by atoms with Gasteiger partial charge in [-0.25, -0.2) is 4.79 Å². The molecule has 0 aromatic heterocycles. The van der Waals surface area contributed by atoms with Crippen molar-refractivity contribution in [2.45, 2.75) is 26.3 Å². The van der Waals surface area contributed by atoms with Crippen LogP contribution in [0.1, 0.15) is 24.5 Å². The van der Waals surface area contributed by atoms with Crippen LogP contribution in [0.4, 0.5) is 21.9 Å². The zero-order chi connectivity index (χ0) is 19.7. The third-order valence-electron chi connectivity index (χ3n) is 5.09. The number of carboxylic acids is 1. The quantitative estimate of drug-likeness (QED) is 0.776. The zero-order valence-electron chi connectivity index (χ0n) is 16.1. The van der Waals surface area contributed by atoms with Crippen molar-refractivity contribution in [2.24, 2.45) is 4.99 Å². The van der Waals surface area contributed by atoms with E-state index in [1.165, 1.54) is 0 Å². The molecule has 1 fully saturated rings. The number of nitrogens with one attached hydrogen (secondary N) is 1. The highest BCUT2D eigenvalue weighted by atomic mass is 35.5. The highest BCUT2D eigenvalue weighted by Crippen LogP contribution is 2.30. The lowest BCUT2D eigenvalue weighted by atomic mass is 10.1. The van der Waals surface area contributed by atoms with Gasteiger partial charge in [0.1, 0.15) is 0 Å². The molecule has 0 saturated carbocycles. The second-order valence-electron chi connectivity index (χ2n) is 7.01. The predicted molar refractivity (Wildman–Crippen MR) is 117 cm³/mol. The zero-order valence-corrected chi connectivity index (χ0v) is 16.9. The minimum absolute atomic E-state index is 0. The molecule has 0 atom stereocenters. The van der Waals surface area contributed by atoms with E-state index in [9.17, 15) is 9.59 Å². The average Bonchev–Trinajstić information content (AvgIpc) is 3.07. The number of hydrogen-bond acceptors (Lipinski definition) is 4. The molecule has 2 aliphatic rings. The standard InChI is InChI=1S/C21H22N4O3.ClH/c1-14-22-13-16-5-8-18(12-19(16)23-14)25-11-10-24(21(25)28)17-6-2-15(3-7-17)4-9-20(26)27;/h2-3,5-8,12H,4,9-11,13H2,1H3,(H,22,23)(H,26,27);1H. The summed E-state index contributed by atoms with van der Waals surface area (Å²) in [5, 5.41) is 12.1. The first kappa shape index (κ1) is 20.7. The molecule has 2 aromatic carbocycles. The van der Waals surface area contributed by atoms with Crippen LogP contribution in [0.5, 0.6) is 0 Å². The summed E-state index contributed by atoms with van der Waals surface area (Å²) in [6.07, 6.45) is 0.590. The molecule has 0 radical (unpaired) electrons. The van der Waals surface area contributed by atoms with Gasteiger partial charge in [-0.15, -0.1) is 12.4 Å². The topological polar surface area (TPSA) is 85.2 Å². The van der Waals surface area contributed by atoms with E-state index in [1.54, 1.807) is 9.80 Å². The first-order chi connectivity index (χ1) is 13.5. The molecule has 8 heteroatoms. The molecule has 4 rings (SSSR count). The molecule has 2 amide bonds. The Balaban J connectivity index is 0.00000240. The number of amidine groups is 1. The fourth-order valence-corrected chi connectivity index (χ4v) is 3.53. The predicted octanol–water partition coefficient (Wildman–Crippen LogP) is 3.92. The Labute approximate surface area is 175 Å². The number of amides is 2. The summed E-state index contributed by atoms with van der Waals surface area (Å²) in [6, 6.07) is 13.5. The minimum Gasteiger partial charge on any atom is -0.481 e. The summed E-state index contributed by atoms with van der Waals surface area (Å²) >= 11 is 0. The number of fused-ring (bicyclic) bond motifs is 1. The van der Waals surface area contributed by atoms with Crippen molar-refractivity contribution >= 4 is 47.3 Å². The first-order valence-corrected chi connectivity index (χ1v) is 9.32. The lowest BCUT2D eigenvalue weighted by molar-refractivity contribution is -0.136. The van der Waals surface area contributed by atoms with Crippen molar-refractivity contribution in [3.05, 3.63) is 53.6 Å². The van der Waals surface area contributed by atoms with Gasteiger partial charge in [0.25, 0.3) is 0 Å². The molecule has 152 valence electrons. The number of urea groups is 1. The summed E-state index contributed by atoms with van der Waals surface area (Å²) in [5.41, 5.74) is 4.76. The summed E-state index contributed by atoms with van der Waals surface area (Å²) in [5.74, 6) is 0.0671. The van der Waals surface area contributed by atoms with Gasteiger partial charge in [0.15, 0.2) is 0 Å². The lowest BCUT2D eigenvalue weighted by Crippen LogP contribution is -2.31. The number of aliphatic carboxylic acids is 1. The van der Waals surface area contributed by atoms with Gasteiger partial charge >= 0.3 is 12.0 Å². The van der Waals surface area contributed by atoms with E-state index in [2.05, 4.69) is 10.3 Å². The Hall–Kier alpha value is -3.06. The number of hydrogen-bond donors (Lipinski definition) is 2. The lowest BCUT2D eigenvalue weighted by Gasteiger charge is -2.22. The Kier molecular flexibility index (Phi) is 6.08. The van der Waals surface area contributed by atoms with Crippen LogP contribution < -0.4 is 15.1 Å². The number of anilines is 3. The highest BCUT2D eigenvalue weighted by Gasteiger charge is 2.31. The minimum atomic E-state index is -0.810. The van der Waals surface area contributed by atoms with Crippen molar-refractivity contribution < 1.29 is 14.7 Å². The van der Waals surface area contributed by atoms with Crippen molar-refractivity contribution in [3.63, 3.8) is 0 Å². The van der Waals surface area contributed by atoms with Gasteiger partial charge in [0.05, 0.1) is 12.4 Å². The fourth-order valence-electron chi connectivity index (χ4n) is 3.53. The maximum atomic E-state index is 13.0. The molecular weight excluding hydrogens is 392 g/mol. The van der Waals surface area contributed by atoms with Gasteiger partial charge in [-0.2, -0.15) is 0 Å².